The van der Waals surface area contributed by atoms with Crippen LogP contribution in [0.5, 0.6) is 0 Å². The molecule has 1 fully saturated rings. The lowest BCUT2D eigenvalue weighted by molar-refractivity contribution is 0.272. The van der Waals surface area contributed by atoms with Gasteiger partial charge in [0.15, 0.2) is 0 Å². The fraction of sp³-hybridized carbons (Fsp3) is 0.483. The summed E-state index contributed by atoms with van der Waals surface area (Å²) in [5.74, 6) is 1.84. The summed E-state index contributed by atoms with van der Waals surface area (Å²) in [6, 6.07) is 22.8. The molecule has 2 aromatic carbocycles. The van der Waals surface area contributed by atoms with Crippen molar-refractivity contribution >= 4 is 24.5 Å². The minimum atomic E-state index is -2.95. The van der Waals surface area contributed by atoms with Gasteiger partial charge in [-0.3, -0.25) is 0 Å². The standard InChI is InChI=1S/C29H41N3OSi/c1-28(2,3)32-27(30)20-26(31-32)23-18-16-22(17-19-23)21-29(4,5)34(33,24-12-8-6-9-13-24)25-14-10-7-11-15-25/h6-15,20,22-23,33H,16-19,21,30H2,1-5H3. The van der Waals surface area contributed by atoms with Gasteiger partial charge in [-0.05, 0) is 74.2 Å². The van der Waals surface area contributed by atoms with Crippen molar-refractivity contribution < 1.29 is 4.80 Å². The summed E-state index contributed by atoms with van der Waals surface area (Å²) in [4.78, 5) is 12.5. The van der Waals surface area contributed by atoms with Gasteiger partial charge in [0.25, 0.3) is 8.32 Å². The van der Waals surface area contributed by atoms with Crippen molar-refractivity contribution in [2.45, 2.75) is 83.2 Å². The molecule has 1 aromatic heterocycles. The number of benzene rings is 2. The Morgan fingerprint density at radius 1 is 0.882 bits per heavy atom. The van der Waals surface area contributed by atoms with Gasteiger partial charge in [-0.25, -0.2) is 4.68 Å². The molecule has 1 heterocycles. The van der Waals surface area contributed by atoms with Crippen LogP contribution in [0.2, 0.25) is 5.04 Å². The first kappa shape index (κ1) is 24.7. The molecule has 1 aliphatic carbocycles. The molecule has 3 N–H and O–H groups in total. The Labute approximate surface area is 206 Å². The molecule has 34 heavy (non-hydrogen) atoms. The van der Waals surface area contributed by atoms with Crippen LogP contribution >= 0.6 is 0 Å². The molecule has 5 heteroatoms. The highest BCUT2D eigenvalue weighted by Crippen LogP contribution is 2.47. The van der Waals surface area contributed by atoms with Gasteiger partial charge in [-0.1, -0.05) is 74.5 Å². The van der Waals surface area contributed by atoms with Gasteiger partial charge in [0.05, 0.1) is 11.2 Å². The van der Waals surface area contributed by atoms with Crippen LogP contribution in [0.15, 0.2) is 66.7 Å². The maximum atomic E-state index is 12.5. The van der Waals surface area contributed by atoms with Gasteiger partial charge in [0, 0.05) is 12.0 Å². The van der Waals surface area contributed by atoms with Crippen molar-refractivity contribution in [3.8, 4) is 0 Å². The van der Waals surface area contributed by atoms with Crippen molar-refractivity contribution in [2.75, 3.05) is 5.73 Å². The maximum absolute atomic E-state index is 12.5. The number of aromatic nitrogens is 2. The number of rotatable bonds is 6. The average Bonchev–Trinajstić information content (AvgIpc) is 3.22. The van der Waals surface area contributed by atoms with Crippen LogP contribution in [0.4, 0.5) is 5.82 Å². The second-order valence-electron chi connectivity index (χ2n) is 11.8. The number of nitrogens with two attached hydrogens (primary N) is 1. The predicted molar refractivity (Wildman–Crippen MR) is 145 cm³/mol. The van der Waals surface area contributed by atoms with Gasteiger partial charge in [0.2, 0.25) is 0 Å². The van der Waals surface area contributed by atoms with Crippen LogP contribution in [0.1, 0.15) is 78.3 Å². The third-order valence-electron chi connectivity index (χ3n) is 7.82. The quantitative estimate of drug-likeness (QED) is 0.468. The van der Waals surface area contributed by atoms with Crippen LogP contribution in [0.3, 0.4) is 0 Å². The van der Waals surface area contributed by atoms with E-state index in [2.05, 4.69) is 89.2 Å². The van der Waals surface area contributed by atoms with E-state index in [-0.39, 0.29) is 10.6 Å². The first-order valence-corrected chi connectivity index (χ1v) is 14.7. The molecule has 0 saturated heterocycles. The van der Waals surface area contributed by atoms with Crippen molar-refractivity contribution in [2.24, 2.45) is 5.92 Å². The Kier molecular flexibility index (Phi) is 6.80. The van der Waals surface area contributed by atoms with Gasteiger partial charge in [-0.15, -0.1) is 0 Å². The molecule has 4 nitrogen and oxygen atoms in total. The van der Waals surface area contributed by atoms with Crippen molar-refractivity contribution in [3.05, 3.63) is 72.4 Å². The summed E-state index contributed by atoms with van der Waals surface area (Å²) in [7, 11) is -2.95. The molecule has 182 valence electrons. The summed E-state index contributed by atoms with van der Waals surface area (Å²) < 4.78 is 1.96. The highest BCUT2D eigenvalue weighted by Gasteiger charge is 2.50. The predicted octanol–water partition coefficient (Wildman–Crippen LogP) is 5.42. The number of hydrogen-bond acceptors (Lipinski definition) is 3. The summed E-state index contributed by atoms with van der Waals surface area (Å²) in [6.07, 6.45) is 5.65. The van der Waals surface area contributed by atoms with Crippen molar-refractivity contribution in [1.82, 2.24) is 9.78 Å². The van der Waals surface area contributed by atoms with E-state index < -0.39 is 8.32 Å². The van der Waals surface area contributed by atoms with Gasteiger partial charge in [-0.2, -0.15) is 5.10 Å². The SMILES string of the molecule is CC(C)(C)n1nc(C2CCC(CC(C)(C)[Si](O)(c3ccccc3)c3ccccc3)CC2)cc1N. The number of nitrogen functional groups attached to an aromatic ring is 1. The van der Waals surface area contributed by atoms with Gasteiger partial charge >= 0.3 is 0 Å². The fourth-order valence-electron chi connectivity index (χ4n) is 5.99. The summed E-state index contributed by atoms with van der Waals surface area (Å²) >= 11 is 0. The highest BCUT2D eigenvalue weighted by atomic mass is 28.4. The Morgan fingerprint density at radius 3 is 1.82 bits per heavy atom. The zero-order valence-electron chi connectivity index (χ0n) is 21.5. The summed E-state index contributed by atoms with van der Waals surface area (Å²) in [5, 5.41) is 6.89. The molecule has 0 atom stereocenters. The molecular weight excluding hydrogens is 434 g/mol. The molecule has 4 rings (SSSR count). The van der Waals surface area contributed by atoms with Crippen LogP contribution in [0.25, 0.3) is 0 Å². The molecule has 1 aliphatic rings. The second kappa shape index (κ2) is 9.35. The lowest BCUT2D eigenvalue weighted by atomic mass is 9.77. The fourth-order valence-corrected chi connectivity index (χ4v) is 9.82. The molecule has 0 amide bonds. The zero-order valence-corrected chi connectivity index (χ0v) is 22.5. The van der Waals surface area contributed by atoms with E-state index in [1.54, 1.807) is 0 Å². The van der Waals surface area contributed by atoms with E-state index in [0.717, 1.165) is 41.1 Å². The molecule has 0 unspecified atom stereocenters. The molecular formula is C29H41N3OSi. The Bertz CT molecular complexity index is 1040. The Hall–Kier alpha value is -2.37. The number of anilines is 1. The Balaban J connectivity index is 1.51. The third-order valence-corrected chi connectivity index (χ3v) is 12.3. The first-order valence-electron chi connectivity index (χ1n) is 12.7. The lowest BCUT2D eigenvalue weighted by Crippen LogP contribution is -2.65. The zero-order chi connectivity index (χ0) is 24.6. The van der Waals surface area contributed by atoms with Crippen molar-refractivity contribution in [3.63, 3.8) is 0 Å². The summed E-state index contributed by atoms with van der Waals surface area (Å²) in [5.41, 5.74) is 7.32. The molecule has 0 spiro atoms. The maximum Gasteiger partial charge on any atom is 0.258 e. The average molecular weight is 476 g/mol. The van der Waals surface area contributed by atoms with Crippen LogP contribution in [-0.4, -0.2) is 22.9 Å². The van der Waals surface area contributed by atoms with E-state index in [1.807, 2.05) is 16.8 Å². The Morgan fingerprint density at radius 2 is 1.38 bits per heavy atom. The topological polar surface area (TPSA) is 64.1 Å². The normalized spacial score (nSPS) is 19.8. The highest BCUT2D eigenvalue weighted by molar-refractivity contribution is 6.98. The van der Waals surface area contributed by atoms with E-state index in [9.17, 15) is 4.80 Å². The molecule has 0 bridgehead atoms. The second-order valence-corrected chi connectivity index (χ2v) is 15.8. The molecule has 1 saturated carbocycles. The van der Waals surface area contributed by atoms with Crippen molar-refractivity contribution in [1.29, 1.82) is 0 Å². The van der Waals surface area contributed by atoms with Crippen LogP contribution in [0, 0.1) is 5.92 Å². The van der Waals surface area contributed by atoms with Gasteiger partial charge < -0.3 is 10.5 Å². The first-order chi connectivity index (χ1) is 16.0. The smallest absolute Gasteiger partial charge is 0.258 e. The molecule has 0 radical (unpaired) electrons. The van der Waals surface area contributed by atoms with E-state index in [1.165, 1.54) is 12.8 Å². The molecule has 0 aliphatic heterocycles. The molecule has 3 aromatic rings. The number of hydrogen-bond donors (Lipinski definition) is 2. The van der Waals surface area contributed by atoms with Crippen LogP contribution < -0.4 is 16.1 Å². The van der Waals surface area contributed by atoms with Gasteiger partial charge in [0.1, 0.15) is 5.82 Å². The minimum absolute atomic E-state index is 0.104. The van der Waals surface area contributed by atoms with E-state index in [4.69, 9.17) is 10.8 Å². The van der Waals surface area contributed by atoms with E-state index >= 15 is 0 Å². The lowest BCUT2D eigenvalue weighted by Gasteiger charge is -2.44. The largest absolute Gasteiger partial charge is 0.424 e. The van der Waals surface area contributed by atoms with Crippen LogP contribution in [-0.2, 0) is 5.54 Å². The number of nitrogens with zero attached hydrogens (tertiary/aromatic N) is 2. The monoisotopic (exact) mass is 475 g/mol. The van der Waals surface area contributed by atoms with E-state index in [0.29, 0.717) is 11.8 Å². The third kappa shape index (κ3) is 4.73. The minimum Gasteiger partial charge on any atom is -0.424 e. The summed E-state index contributed by atoms with van der Waals surface area (Å²) in [6.45, 7) is 11.0.